The number of Topliss-reactive ketones (excluding diaryl/α,β-unsaturated/α-hetero) is 2. The predicted molar refractivity (Wildman–Crippen MR) is 249 cm³/mol. The van der Waals surface area contributed by atoms with Gasteiger partial charge in [-0.15, -0.1) is 0 Å². The highest BCUT2D eigenvalue weighted by Crippen LogP contribution is 2.38. The van der Waals surface area contributed by atoms with Crippen molar-refractivity contribution < 1.29 is 14.0 Å². The van der Waals surface area contributed by atoms with Crippen LogP contribution < -0.4 is 0 Å². The highest BCUT2D eigenvalue weighted by molar-refractivity contribution is 8.64. The van der Waals surface area contributed by atoms with E-state index in [0.717, 1.165) is 78.3 Å². The minimum absolute atomic E-state index is 0.0858. The number of allylic oxidation sites excluding steroid dienone is 1. The SMILES string of the molecule is CC(C)(C)[Si](C)(C)OCC(=O)c1c2c(cc3c(Cl)cccc13)CCC2.CCCCCCC(=O)C#CCCC/C=C/c1ccccc1Cl.S=S=S=S=S=S. The van der Waals surface area contributed by atoms with Crippen LogP contribution in [-0.2, 0) is 80.0 Å². The highest BCUT2D eigenvalue weighted by atomic mass is 35.5. The van der Waals surface area contributed by atoms with Crippen molar-refractivity contribution in [2.45, 2.75) is 116 Å². The molecule has 4 rings (SSSR count). The molecule has 0 aliphatic heterocycles. The van der Waals surface area contributed by atoms with Gasteiger partial charge in [0.1, 0.15) is 0 Å². The monoisotopic (exact) mass is 882 g/mol. The van der Waals surface area contributed by atoms with E-state index in [2.05, 4.69) is 87.1 Å². The molecule has 3 aromatic rings. The Morgan fingerprint density at radius 1 is 0.925 bits per heavy atom. The Labute approximate surface area is 350 Å². The molecule has 0 amide bonds. The van der Waals surface area contributed by atoms with Gasteiger partial charge in [0.2, 0.25) is 5.78 Å². The van der Waals surface area contributed by atoms with Crippen molar-refractivity contribution in [3.8, 4) is 11.8 Å². The topological polar surface area (TPSA) is 43.4 Å². The number of ketones is 2. The third-order valence-corrected chi connectivity index (χ3v) is 21.1. The van der Waals surface area contributed by atoms with Crippen molar-refractivity contribution in [1.82, 2.24) is 0 Å². The highest BCUT2D eigenvalue weighted by Gasteiger charge is 2.38. The van der Waals surface area contributed by atoms with Crippen LogP contribution >= 0.6 is 23.2 Å². The normalized spacial score (nSPS) is 12.0. The van der Waals surface area contributed by atoms with E-state index in [0.29, 0.717) is 11.4 Å². The number of hydrogen-bond donors (Lipinski definition) is 0. The second-order valence-corrected chi connectivity index (χ2v) is 26.9. The van der Waals surface area contributed by atoms with Crippen molar-refractivity contribution >= 4 is 118 Å². The van der Waals surface area contributed by atoms with Crippen LogP contribution in [0.15, 0.2) is 54.6 Å². The molecule has 0 spiro atoms. The van der Waals surface area contributed by atoms with Gasteiger partial charge in [-0.1, -0.05) is 119 Å². The van der Waals surface area contributed by atoms with Gasteiger partial charge in [-0.05, 0) is 103 Å². The molecule has 0 bridgehead atoms. The summed E-state index contributed by atoms with van der Waals surface area (Å²) in [5.41, 5.74) is 4.36. The van der Waals surface area contributed by atoms with Crippen LogP contribution in [0, 0.1) is 11.8 Å². The fraction of sp³-hybridized carbons (Fsp3) is 0.463. The van der Waals surface area contributed by atoms with Gasteiger partial charge in [0.25, 0.3) is 0 Å². The molecule has 0 unspecified atom stereocenters. The van der Waals surface area contributed by atoms with Crippen molar-refractivity contribution in [2.75, 3.05) is 6.61 Å². The van der Waals surface area contributed by atoms with Crippen LogP contribution in [-0.4, -0.2) is 26.5 Å². The number of benzene rings is 3. The molecular formula is C41H52Cl2O3S6Si. The van der Waals surface area contributed by atoms with E-state index in [1.165, 1.54) is 59.5 Å². The van der Waals surface area contributed by atoms with Crippen molar-refractivity contribution in [2.24, 2.45) is 0 Å². The third kappa shape index (κ3) is 17.1. The number of fused-ring (bicyclic) bond motifs is 2. The third-order valence-electron chi connectivity index (χ3n) is 9.30. The summed E-state index contributed by atoms with van der Waals surface area (Å²) in [6, 6.07) is 15.8. The summed E-state index contributed by atoms with van der Waals surface area (Å²) in [6.45, 7) is 13.3. The maximum absolute atomic E-state index is 13.2. The smallest absolute Gasteiger partial charge is 0.205 e. The molecule has 53 heavy (non-hydrogen) atoms. The number of carbonyl (C=O) groups is 2. The second kappa shape index (κ2) is 25.7. The van der Waals surface area contributed by atoms with E-state index in [-0.39, 0.29) is 23.2 Å². The lowest BCUT2D eigenvalue weighted by Crippen LogP contribution is -2.42. The van der Waals surface area contributed by atoms with Crippen LogP contribution in [0.1, 0.15) is 113 Å². The Bertz CT molecular complexity index is 1940. The molecule has 1 aliphatic carbocycles. The number of rotatable bonds is 13. The maximum atomic E-state index is 13.2. The summed E-state index contributed by atoms with van der Waals surface area (Å²) >= 11 is 21.5. The van der Waals surface area contributed by atoms with E-state index in [1.807, 2.05) is 48.5 Å². The van der Waals surface area contributed by atoms with E-state index in [4.69, 9.17) is 27.6 Å². The van der Waals surface area contributed by atoms with Gasteiger partial charge < -0.3 is 4.43 Å². The molecule has 1 aliphatic rings. The number of hydrogen-bond acceptors (Lipinski definition) is 5. The molecule has 12 heteroatoms. The van der Waals surface area contributed by atoms with Gasteiger partial charge in [-0.25, -0.2) is 0 Å². The molecule has 0 atom stereocenters. The Morgan fingerprint density at radius 3 is 2.28 bits per heavy atom. The lowest BCUT2D eigenvalue weighted by Gasteiger charge is -2.36. The van der Waals surface area contributed by atoms with Crippen LogP contribution in [0.3, 0.4) is 0 Å². The van der Waals surface area contributed by atoms with Gasteiger partial charge in [-0.3, -0.25) is 9.59 Å². The summed E-state index contributed by atoms with van der Waals surface area (Å²) in [7, 11) is 3.68. The minimum Gasteiger partial charge on any atom is -0.409 e. The Kier molecular flexibility index (Phi) is 23.2. The van der Waals surface area contributed by atoms with Crippen LogP contribution in [0.4, 0.5) is 0 Å². The Morgan fingerprint density at radius 2 is 1.62 bits per heavy atom. The van der Waals surface area contributed by atoms with Gasteiger partial charge >= 0.3 is 0 Å². The largest absolute Gasteiger partial charge is 0.409 e. The fourth-order valence-corrected chi connectivity index (χ4v) is 12.2. The predicted octanol–water partition coefficient (Wildman–Crippen LogP) is 12.2. The van der Waals surface area contributed by atoms with Crippen LogP contribution in [0.25, 0.3) is 16.8 Å². The van der Waals surface area contributed by atoms with Crippen molar-refractivity contribution in [3.63, 3.8) is 0 Å². The molecule has 288 valence electrons. The van der Waals surface area contributed by atoms with E-state index >= 15 is 0 Å². The number of aryl methyl sites for hydroxylation is 1. The first-order chi connectivity index (χ1) is 25.3. The molecule has 3 aromatic carbocycles. The zero-order valence-corrected chi connectivity index (χ0v) is 39.1. The maximum Gasteiger partial charge on any atom is 0.205 e. The van der Waals surface area contributed by atoms with E-state index < -0.39 is 8.32 Å². The minimum atomic E-state index is -1.95. The summed E-state index contributed by atoms with van der Waals surface area (Å²) in [5, 5.41) is 3.54. The van der Waals surface area contributed by atoms with Crippen molar-refractivity contribution in [3.05, 3.63) is 86.9 Å². The van der Waals surface area contributed by atoms with Crippen LogP contribution in [0.2, 0.25) is 28.2 Å². The lowest BCUT2D eigenvalue weighted by atomic mass is 9.93. The summed E-state index contributed by atoms with van der Waals surface area (Å²) in [5.74, 6) is 5.90. The summed E-state index contributed by atoms with van der Waals surface area (Å²) < 4.78 is 6.21. The van der Waals surface area contributed by atoms with Crippen LogP contribution in [0.5, 0.6) is 0 Å². The molecule has 3 nitrogen and oxygen atoms in total. The number of unbranched alkanes of at least 4 members (excludes halogenated alkanes) is 5. The fourth-order valence-electron chi connectivity index (χ4n) is 5.39. The summed E-state index contributed by atoms with van der Waals surface area (Å²) in [6.07, 6.45) is 15.1. The van der Waals surface area contributed by atoms with Gasteiger partial charge in [0.15, 0.2) is 14.1 Å². The number of carbonyl (C=O) groups excluding carboxylic acids is 2. The van der Waals surface area contributed by atoms with E-state index in [9.17, 15) is 9.59 Å². The van der Waals surface area contributed by atoms with E-state index in [1.54, 1.807) is 0 Å². The Hall–Kier alpha value is -1.36. The quantitative estimate of drug-likeness (QED) is 0.0562. The zero-order chi connectivity index (χ0) is 39.3. The van der Waals surface area contributed by atoms with Gasteiger partial charge in [0.05, 0.1) is 6.61 Å². The molecule has 0 N–H and O–H groups in total. The molecule has 0 fully saturated rings. The summed E-state index contributed by atoms with van der Waals surface area (Å²) in [4.78, 5) is 24.7. The lowest BCUT2D eigenvalue weighted by molar-refractivity contribution is -0.113. The average molecular weight is 884 g/mol. The zero-order valence-electron chi connectivity index (χ0n) is 31.7. The first kappa shape index (κ1) is 47.8. The molecule has 0 radical (unpaired) electrons. The molecule has 0 saturated heterocycles. The van der Waals surface area contributed by atoms with Crippen molar-refractivity contribution in [1.29, 1.82) is 0 Å². The second-order valence-electron chi connectivity index (χ2n) is 14.2. The first-order valence-electron chi connectivity index (χ1n) is 18.0. The molecule has 0 aromatic heterocycles. The van der Waals surface area contributed by atoms with Gasteiger partial charge in [0, 0.05) is 91.7 Å². The first-order valence-corrected chi connectivity index (χ1v) is 28.3. The average Bonchev–Trinajstić information content (AvgIpc) is 3.60. The molecule has 0 saturated carbocycles. The molecular weight excluding hydrogens is 832 g/mol. The molecule has 0 heterocycles. The standard InChI is InChI=1S/C21H27ClO2Si.C20H25ClO.S6/c1-21(2,3)25(4,5)24-13-19(23)20-15-9-6-8-14(15)12-17-16(20)10-7-11-18(17)22;1-2-3-4-9-15-19(22)16-10-7-5-6-8-13-18-14-11-12-17-20(18)21;1-3-5-6-4-2/h7,10-12H,6,8-9,13H2,1-5H3;8,11-14,17H,2-7,9,15H2,1H3;/b;13-8+;. The number of halogens is 2. The van der Waals surface area contributed by atoms with Gasteiger partial charge in [-0.2, -0.15) is 0 Å². The Balaban J connectivity index is 0.000000320.